The fourth-order valence-electron chi connectivity index (χ4n) is 2.34. The van der Waals surface area contributed by atoms with Gasteiger partial charge >= 0.3 is 0 Å². The van der Waals surface area contributed by atoms with Gasteiger partial charge in [0.1, 0.15) is 5.69 Å². The topological polar surface area (TPSA) is 88.3 Å². The van der Waals surface area contributed by atoms with Gasteiger partial charge in [-0.1, -0.05) is 5.21 Å². The van der Waals surface area contributed by atoms with Crippen LogP contribution in [0.3, 0.4) is 0 Å². The highest BCUT2D eigenvalue weighted by Gasteiger charge is 2.26. The van der Waals surface area contributed by atoms with E-state index in [1.54, 1.807) is 17.8 Å². The molecule has 8 heteroatoms. The van der Waals surface area contributed by atoms with Crippen LogP contribution in [0.15, 0.2) is 6.20 Å². The molecule has 1 aliphatic heterocycles. The van der Waals surface area contributed by atoms with Crippen LogP contribution in [0.1, 0.15) is 31.6 Å². The minimum atomic E-state index is -3.11. The van der Waals surface area contributed by atoms with E-state index in [9.17, 15) is 13.5 Å². The molecule has 0 aliphatic carbocycles. The van der Waals surface area contributed by atoms with E-state index in [-0.39, 0.29) is 5.92 Å². The van der Waals surface area contributed by atoms with Gasteiger partial charge in [0.25, 0.3) is 0 Å². The van der Waals surface area contributed by atoms with Crippen molar-refractivity contribution in [1.29, 1.82) is 0 Å². The molecule has 1 aromatic heterocycles. The standard InChI is InChI=1S/C11H20N4O3S/c1-9(16)11-8-14(13-12-11)6-10-4-3-5-15(7-10)19(2,17)18/h8-10,16H,3-7H2,1-2H3. The summed E-state index contributed by atoms with van der Waals surface area (Å²) in [6.45, 7) is 3.40. The first-order chi connectivity index (χ1) is 8.86. The zero-order chi connectivity index (χ0) is 14.0. The molecule has 2 unspecified atom stereocenters. The zero-order valence-electron chi connectivity index (χ0n) is 11.2. The van der Waals surface area contributed by atoms with E-state index in [1.807, 2.05) is 0 Å². The highest BCUT2D eigenvalue weighted by molar-refractivity contribution is 7.88. The number of aromatic nitrogens is 3. The van der Waals surface area contributed by atoms with Crippen molar-refractivity contribution in [2.24, 2.45) is 5.92 Å². The maximum absolute atomic E-state index is 11.5. The summed E-state index contributed by atoms with van der Waals surface area (Å²) in [5.74, 6) is 0.243. The van der Waals surface area contributed by atoms with Gasteiger partial charge < -0.3 is 5.11 Å². The van der Waals surface area contributed by atoms with Gasteiger partial charge in [-0.3, -0.25) is 4.68 Å². The van der Waals surface area contributed by atoms with Crippen LogP contribution in [0.4, 0.5) is 0 Å². The number of piperidine rings is 1. The van der Waals surface area contributed by atoms with Crippen LogP contribution in [0.5, 0.6) is 0 Å². The number of aliphatic hydroxyl groups is 1. The molecule has 0 spiro atoms. The first kappa shape index (κ1) is 14.4. The molecule has 0 saturated carbocycles. The summed E-state index contributed by atoms with van der Waals surface area (Å²) in [6, 6.07) is 0. The molecule has 0 radical (unpaired) electrons. The maximum atomic E-state index is 11.5. The van der Waals surface area contributed by atoms with Crippen molar-refractivity contribution in [2.75, 3.05) is 19.3 Å². The van der Waals surface area contributed by atoms with Crippen molar-refractivity contribution in [3.63, 3.8) is 0 Å². The highest BCUT2D eigenvalue weighted by Crippen LogP contribution is 2.20. The van der Waals surface area contributed by atoms with Gasteiger partial charge in [0.2, 0.25) is 10.0 Å². The van der Waals surface area contributed by atoms with E-state index >= 15 is 0 Å². The van der Waals surface area contributed by atoms with Crippen molar-refractivity contribution in [3.05, 3.63) is 11.9 Å². The molecule has 2 heterocycles. The average Bonchev–Trinajstić information content (AvgIpc) is 2.77. The second-order valence-electron chi connectivity index (χ2n) is 5.17. The Balaban J connectivity index is 1.98. The Hall–Kier alpha value is -0.990. The Morgan fingerprint density at radius 1 is 1.58 bits per heavy atom. The second kappa shape index (κ2) is 5.56. The third-order valence-corrected chi connectivity index (χ3v) is 4.65. The predicted octanol–water partition coefficient (Wildman–Crippen LogP) is 0.00300. The monoisotopic (exact) mass is 288 g/mol. The molecule has 2 atom stereocenters. The second-order valence-corrected chi connectivity index (χ2v) is 7.15. The van der Waals surface area contributed by atoms with Crippen LogP contribution in [-0.2, 0) is 16.6 Å². The number of hydrogen-bond donors (Lipinski definition) is 1. The van der Waals surface area contributed by atoms with Crippen molar-refractivity contribution in [3.8, 4) is 0 Å². The Bertz CT molecular complexity index is 526. The molecule has 0 aromatic carbocycles. The molecule has 0 bridgehead atoms. The van der Waals surface area contributed by atoms with Crippen molar-refractivity contribution in [1.82, 2.24) is 19.3 Å². The van der Waals surface area contributed by atoms with Gasteiger partial charge in [-0.2, -0.15) is 0 Å². The summed E-state index contributed by atoms with van der Waals surface area (Å²) in [5.41, 5.74) is 0.538. The Morgan fingerprint density at radius 3 is 2.89 bits per heavy atom. The quantitative estimate of drug-likeness (QED) is 0.842. The average molecular weight is 288 g/mol. The number of nitrogens with zero attached hydrogens (tertiary/aromatic N) is 4. The fraction of sp³-hybridized carbons (Fsp3) is 0.818. The van der Waals surface area contributed by atoms with Gasteiger partial charge in [-0.25, -0.2) is 12.7 Å². The number of rotatable bonds is 4. The Kier molecular flexibility index (Phi) is 4.22. The third-order valence-electron chi connectivity index (χ3n) is 3.38. The van der Waals surface area contributed by atoms with Crippen LogP contribution in [0.2, 0.25) is 0 Å². The molecule has 1 N–H and O–H groups in total. The highest BCUT2D eigenvalue weighted by atomic mass is 32.2. The van der Waals surface area contributed by atoms with Gasteiger partial charge in [0.05, 0.1) is 18.6 Å². The molecule has 108 valence electrons. The Morgan fingerprint density at radius 2 is 2.32 bits per heavy atom. The van der Waals surface area contributed by atoms with Gasteiger partial charge in [0.15, 0.2) is 0 Å². The summed E-state index contributed by atoms with van der Waals surface area (Å²) in [5, 5.41) is 17.2. The van der Waals surface area contributed by atoms with Crippen LogP contribution in [0.25, 0.3) is 0 Å². The SMILES string of the molecule is CC(O)c1cn(CC2CCCN(S(C)(=O)=O)C2)nn1. The minimum Gasteiger partial charge on any atom is -0.387 e. The lowest BCUT2D eigenvalue weighted by atomic mass is 10.00. The van der Waals surface area contributed by atoms with E-state index < -0.39 is 16.1 Å². The van der Waals surface area contributed by atoms with Gasteiger partial charge in [-0.15, -0.1) is 5.10 Å². The van der Waals surface area contributed by atoms with Crippen molar-refractivity contribution in [2.45, 2.75) is 32.4 Å². The lowest BCUT2D eigenvalue weighted by Crippen LogP contribution is -2.40. The third kappa shape index (κ3) is 3.74. The molecular weight excluding hydrogens is 268 g/mol. The van der Waals surface area contributed by atoms with E-state index in [0.29, 0.717) is 25.3 Å². The van der Waals surface area contributed by atoms with Crippen molar-refractivity contribution >= 4 is 10.0 Å². The molecule has 1 fully saturated rings. The van der Waals surface area contributed by atoms with E-state index in [4.69, 9.17) is 0 Å². The first-order valence-corrected chi connectivity index (χ1v) is 8.24. The first-order valence-electron chi connectivity index (χ1n) is 6.39. The molecule has 1 saturated heterocycles. The molecule has 0 amide bonds. The summed E-state index contributed by atoms with van der Waals surface area (Å²) >= 11 is 0. The van der Waals surface area contributed by atoms with E-state index in [0.717, 1.165) is 12.8 Å². The molecule has 2 rings (SSSR count). The molecule has 1 aromatic rings. The summed E-state index contributed by atoms with van der Waals surface area (Å²) in [6.07, 6.45) is 4.18. The lowest BCUT2D eigenvalue weighted by Gasteiger charge is -2.30. The number of aliphatic hydroxyl groups excluding tert-OH is 1. The van der Waals surface area contributed by atoms with Crippen LogP contribution < -0.4 is 0 Å². The number of sulfonamides is 1. The summed E-state index contributed by atoms with van der Waals surface area (Å²) in [7, 11) is -3.11. The van der Waals surface area contributed by atoms with Gasteiger partial charge in [-0.05, 0) is 25.7 Å². The van der Waals surface area contributed by atoms with Crippen LogP contribution in [0, 0.1) is 5.92 Å². The molecular formula is C11H20N4O3S. The largest absolute Gasteiger partial charge is 0.387 e. The van der Waals surface area contributed by atoms with Crippen LogP contribution >= 0.6 is 0 Å². The Labute approximate surface area is 113 Å². The van der Waals surface area contributed by atoms with Gasteiger partial charge in [0, 0.05) is 19.6 Å². The molecule has 1 aliphatic rings. The van der Waals surface area contributed by atoms with E-state index in [2.05, 4.69) is 10.3 Å². The maximum Gasteiger partial charge on any atom is 0.211 e. The van der Waals surface area contributed by atoms with E-state index in [1.165, 1.54) is 10.6 Å². The summed E-state index contributed by atoms with van der Waals surface area (Å²) < 4.78 is 26.3. The smallest absolute Gasteiger partial charge is 0.211 e. The molecule has 7 nitrogen and oxygen atoms in total. The lowest BCUT2D eigenvalue weighted by molar-refractivity contribution is 0.194. The molecule has 19 heavy (non-hydrogen) atoms. The zero-order valence-corrected chi connectivity index (χ0v) is 12.0. The van der Waals surface area contributed by atoms with Crippen LogP contribution in [-0.4, -0.2) is 52.2 Å². The summed E-state index contributed by atoms with van der Waals surface area (Å²) in [4.78, 5) is 0. The number of hydrogen-bond acceptors (Lipinski definition) is 5. The minimum absolute atomic E-state index is 0.243. The predicted molar refractivity (Wildman–Crippen MR) is 69.8 cm³/mol. The fourth-order valence-corrected chi connectivity index (χ4v) is 3.28. The van der Waals surface area contributed by atoms with Crippen molar-refractivity contribution < 1.29 is 13.5 Å². The normalized spacial score (nSPS) is 23.4.